The number of benzene rings is 1. The van der Waals surface area contributed by atoms with Crippen LogP contribution in [0.3, 0.4) is 0 Å². The normalized spacial score (nSPS) is 20.0. The summed E-state index contributed by atoms with van der Waals surface area (Å²) in [6.07, 6.45) is 0. The molecule has 0 saturated carbocycles. The van der Waals surface area contributed by atoms with Crippen molar-refractivity contribution in [1.82, 2.24) is 0 Å². The van der Waals surface area contributed by atoms with Crippen LogP contribution in [-0.4, -0.2) is 28.9 Å². The Balaban J connectivity index is 2.69. The van der Waals surface area contributed by atoms with E-state index in [1.165, 1.54) is 0 Å². The zero-order chi connectivity index (χ0) is 23.0. The maximum atomic E-state index is 13.3. The number of aryl methyl sites for hydroxylation is 2. The summed E-state index contributed by atoms with van der Waals surface area (Å²) in [7, 11) is 0. The third-order valence-electron chi connectivity index (χ3n) is 4.87. The summed E-state index contributed by atoms with van der Waals surface area (Å²) in [5.74, 6) is -2.05. The lowest BCUT2D eigenvalue weighted by Gasteiger charge is -2.35. The Kier molecular flexibility index (Phi) is 6.65. The molecule has 0 aromatic heterocycles. The van der Waals surface area contributed by atoms with Crippen LogP contribution in [0.4, 0.5) is 0 Å². The van der Waals surface area contributed by atoms with E-state index in [1.807, 2.05) is 74.4 Å². The smallest absolute Gasteiger partial charge is 0.337 e. The van der Waals surface area contributed by atoms with Crippen LogP contribution < -0.4 is 0 Å². The molecule has 1 aromatic carbocycles. The van der Waals surface area contributed by atoms with Crippen molar-refractivity contribution in [3.8, 4) is 0 Å². The summed E-state index contributed by atoms with van der Waals surface area (Å²) in [4.78, 5) is 31.1. The van der Waals surface area contributed by atoms with E-state index in [4.69, 9.17) is 9.47 Å². The summed E-state index contributed by atoms with van der Waals surface area (Å²) >= 11 is 0. The van der Waals surface area contributed by atoms with Crippen LogP contribution in [0.1, 0.15) is 78.0 Å². The highest BCUT2D eigenvalue weighted by molar-refractivity contribution is 6.07. The molecule has 0 spiro atoms. The van der Waals surface area contributed by atoms with Crippen molar-refractivity contribution in [2.75, 3.05) is 0 Å². The molecule has 164 valence electrons. The lowest BCUT2D eigenvalue weighted by Crippen LogP contribution is -2.40. The van der Waals surface area contributed by atoms with Gasteiger partial charge in [0.25, 0.3) is 0 Å². The fourth-order valence-electron chi connectivity index (χ4n) is 3.82. The highest BCUT2D eigenvalue weighted by Crippen LogP contribution is 2.42. The summed E-state index contributed by atoms with van der Waals surface area (Å²) < 4.78 is 11.4. The van der Waals surface area contributed by atoms with E-state index >= 15 is 0 Å². The van der Waals surface area contributed by atoms with E-state index in [0.717, 1.165) is 16.7 Å². The Labute approximate surface area is 180 Å². The van der Waals surface area contributed by atoms with Gasteiger partial charge in [-0.3, -0.25) is 9.79 Å². The molecule has 5 nitrogen and oxygen atoms in total. The first-order valence-electron chi connectivity index (χ1n) is 10.4. The van der Waals surface area contributed by atoms with Crippen molar-refractivity contribution >= 4 is 17.7 Å². The van der Waals surface area contributed by atoms with Gasteiger partial charge in [-0.15, -0.1) is 0 Å². The molecule has 1 aliphatic rings. The Morgan fingerprint density at radius 3 is 1.97 bits per heavy atom. The molecule has 2 unspecified atom stereocenters. The lowest BCUT2D eigenvalue weighted by atomic mass is 9.74. The summed E-state index contributed by atoms with van der Waals surface area (Å²) in [5.41, 5.74) is 3.36. The molecular weight excluding hydrogens is 378 g/mol. The number of aliphatic imine (C=N–C) groups is 1. The molecule has 0 radical (unpaired) electrons. The number of esters is 2. The van der Waals surface area contributed by atoms with Crippen molar-refractivity contribution < 1.29 is 19.1 Å². The van der Waals surface area contributed by atoms with Crippen molar-refractivity contribution in [3.05, 3.63) is 46.2 Å². The molecule has 1 aliphatic heterocycles. The first kappa shape index (κ1) is 23.8. The van der Waals surface area contributed by atoms with Crippen LogP contribution in [0.2, 0.25) is 0 Å². The second kappa shape index (κ2) is 8.37. The van der Waals surface area contributed by atoms with E-state index in [-0.39, 0.29) is 5.97 Å². The average Bonchev–Trinajstić information content (AvgIpc) is 2.50. The highest BCUT2D eigenvalue weighted by atomic mass is 16.6. The second-order valence-corrected chi connectivity index (χ2v) is 10.1. The van der Waals surface area contributed by atoms with Crippen LogP contribution in [-0.2, 0) is 19.1 Å². The molecule has 30 heavy (non-hydrogen) atoms. The van der Waals surface area contributed by atoms with Crippen molar-refractivity contribution in [2.45, 2.75) is 86.4 Å². The van der Waals surface area contributed by atoms with E-state index in [2.05, 4.69) is 11.1 Å². The molecule has 0 bridgehead atoms. The predicted octanol–water partition coefficient (Wildman–Crippen LogP) is 5.44. The topological polar surface area (TPSA) is 65.0 Å². The quantitative estimate of drug-likeness (QED) is 0.619. The zero-order valence-corrected chi connectivity index (χ0v) is 20.0. The molecule has 0 fully saturated rings. The summed E-state index contributed by atoms with van der Waals surface area (Å²) in [5, 5.41) is 0. The van der Waals surface area contributed by atoms with Crippen molar-refractivity contribution in [1.29, 1.82) is 0 Å². The fraction of sp³-hybridized carbons (Fsp3) is 0.560. The molecule has 0 aliphatic carbocycles. The molecular formula is C25H35NO4. The number of hydrogen-bond acceptors (Lipinski definition) is 5. The Bertz CT molecular complexity index is 910. The van der Waals surface area contributed by atoms with Crippen LogP contribution in [0, 0.1) is 19.8 Å². The van der Waals surface area contributed by atoms with Gasteiger partial charge >= 0.3 is 11.9 Å². The van der Waals surface area contributed by atoms with Gasteiger partial charge in [-0.25, -0.2) is 4.79 Å². The summed E-state index contributed by atoms with van der Waals surface area (Å²) in [6, 6.07) is 6.05. The highest BCUT2D eigenvalue weighted by Gasteiger charge is 2.44. The molecule has 2 atom stereocenters. The minimum Gasteiger partial charge on any atom is -0.459 e. The van der Waals surface area contributed by atoms with E-state index in [0.29, 0.717) is 17.0 Å². The number of nitrogens with zero attached hydrogens (tertiary/aromatic N) is 1. The van der Waals surface area contributed by atoms with Gasteiger partial charge in [-0.05, 0) is 80.4 Å². The number of hydrogen-bond donors (Lipinski definition) is 0. The Morgan fingerprint density at radius 1 is 0.900 bits per heavy atom. The minimum atomic E-state index is -0.697. The average molecular weight is 414 g/mol. The molecule has 1 aromatic rings. The van der Waals surface area contributed by atoms with Crippen LogP contribution in [0.5, 0.6) is 0 Å². The molecule has 0 amide bonds. The number of carbonyl (C=O) groups excluding carboxylic acids is 2. The predicted molar refractivity (Wildman–Crippen MR) is 120 cm³/mol. The first-order valence-corrected chi connectivity index (χ1v) is 10.4. The van der Waals surface area contributed by atoms with Gasteiger partial charge in [-0.1, -0.05) is 23.8 Å². The molecule has 0 saturated heterocycles. The molecule has 0 N–H and O–H groups in total. The number of allylic oxidation sites excluding steroid dienone is 1. The van der Waals surface area contributed by atoms with Gasteiger partial charge in [0.05, 0.1) is 5.57 Å². The molecule has 1 heterocycles. The van der Waals surface area contributed by atoms with Gasteiger partial charge < -0.3 is 9.47 Å². The minimum absolute atomic E-state index is 0.387. The van der Waals surface area contributed by atoms with Crippen molar-refractivity contribution in [2.24, 2.45) is 10.9 Å². The summed E-state index contributed by atoms with van der Waals surface area (Å²) in [6.45, 7) is 18.6. The van der Waals surface area contributed by atoms with Gasteiger partial charge in [0.15, 0.2) is 0 Å². The Hall–Kier alpha value is -2.43. The molecule has 5 heteroatoms. The van der Waals surface area contributed by atoms with Gasteiger partial charge in [0, 0.05) is 17.3 Å². The Morgan fingerprint density at radius 2 is 1.47 bits per heavy atom. The number of carbonyl (C=O) groups is 2. The van der Waals surface area contributed by atoms with Gasteiger partial charge in [0.2, 0.25) is 0 Å². The van der Waals surface area contributed by atoms with Crippen LogP contribution >= 0.6 is 0 Å². The number of rotatable bonds is 3. The third kappa shape index (κ3) is 5.59. The SMILES string of the molecule is CC1=NC(C)=C(C(=O)OC(C)(C)C)C(c2ccc(C)cc2C)C1C(=O)OC(C)(C)C. The lowest BCUT2D eigenvalue weighted by molar-refractivity contribution is -0.158. The standard InChI is InChI=1S/C25H35NO4/c1-14-11-12-18(15(2)13-14)21-19(22(27)29-24(5,6)7)16(3)26-17(4)20(21)23(28)30-25(8,9)10/h11-13,19,21H,1-10H3. The van der Waals surface area contributed by atoms with Crippen molar-refractivity contribution in [3.63, 3.8) is 0 Å². The second-order valence-electron chi connectivity index (χ2n) is 10.1. The van der Waals surface area contributed by atoms with Crippen LogP contribution in [0.15, 0.2) is 34.5 Å². The van der Waals surface area contributed by atoms with Crippen LogP contribution in [0.25, 0.3) is 0 Å². The monoisotopic (exact) mass is 413 g/mol. The first-order chi connectivity index (χ1) is 13.6. The van der Waals surface area contributed by atoms with E-state index in [1.54, 1.807) is 6.92 Å². The fourth-order valence-corrected chi connectivity index (χ4v) is 3.82. The largest absolute Gasteiger partial charge is 0.459 e. The number of ether oxygens (including phenoxy) is 2. The third-order valence-corrected chi connectivity index (χ3v) is 4.87. The van der Waals surface area contributed by atoms with Gasteiger partial charge in [-0.2, -0.15) is 0 Å². The van der Waals surface area contributed by atoms with Gasteiger partial charge in [0.1, 0.15) is 17.1 Å². The van der Waals surface area contributed by atoms with E-state index < -0.39 is 29.0 Å². The van der Waals surface area contributed by atoms with E-state index in [9.17, 15) is 9.59 Å². The maximum absolute atomic E-state index is 13.3. The zero-order valence-electron chi connectivity index (χ0n) is 20.0. The molecule has 2 rings (SSSR count). The maximum Gasteiger partial charge on any atom is 0.337 e.